The molecule has 3 saturated heterocycles. The quantitative estimate of drug-likeness (QED) is 0.424. The fourth-order valence-electron chi connectivity index (χ4n) is 5.33. The largest absolute Gasteiger partial charge is 0.441 e. The van der Waals surface area contributed by atoms with Gasteiger partial charge >= 0.3 is 6.09 Å². The zero-order valence-corrected chi connectivity index (χ0v) is 21.6. The van der Waals surface area contributed by atoms with E-state index >= 15 is 0 Å². The average molecular weight is 536 g/mol. The molecule has 4 heterocycles. The minimum atomic E-state index is -0.617. The maximum absolute atomic E-state index is 12.5. The number of fused-ring (bicyclic) bond motifs is 1. The van der Waals surface area contributed by atoms with E-state index in [2.05, 4.69) is 33.0 Å². The summed E-state index contributed by atoms with van der Waals surface area (Å²) in [6.45, 7) is 6.64. The summed E-state index contributed by atoms with van der Waals surface area (Å²) < 4.78 is 24.9. The van der Waals surface area contributed by atoms with E-state index in [1.807, 2.05) is 12.1 Å². The number of anilines is 1. The Morgan fingerprint density at radius 3 is 2.51 bits per heavy atom. The Labute approximate surface area is 225 Å². The molecule has 3 aliphatic rings. The minimum absolute atomic E-state index is 0.0429. The number of Topliss-reactive ketones (excluding diaryl/α,β-unsaturated/α-hetero) is 1. The summed E-state index contributed by atoms with van der Waals surface area (Å²) in [6.07, 6.45) is -1.98. The maximum atomic E-state index is 12.5. The minimum Gasteiger partial charge on any atom is -0.441 e. The monoisotopic (exact) mass is 535 g/mol. The van der Waals surface area contributed by atoms with Gasteiger partial charge in [0.15, 0.2) is 17.7 Å². The van der Waals surface area contributed by atoms with Crippen molar-refractivity contribution in [3.8, 4) is 11.4 Å². The van der Waals surface area contributed by atoms with Gasteiger partial charge in [-0.1, -0.05) is 24.3 Å². The Morgan fingerprint density at radius 1 is 1.03 bits per heavy atom. The van der Waals surface area contributed by atoms with Crippen molar-refractivity contribution in [2.24, 2.45) is 0 Å². The third-order valence-electron chi connectivity index (χ3n) is 7.45. The van der Waals surface area contributed by atoms with Gasteiger partial charge in [0.05, 0.1) is 26.4 Å². The first-order valence-corrected chi connectivity index (χ1v) is 13.2. The standard InChI is InChI=1S/C27H30N6O6/c1-17(34)19-6-8-21(9-7-19)28-27(35)39-23-16-38-24-22(15-37-25(23)24)33-26(29-30-31-33)20-4-2-18(3-5-20)14-32-10-12-36-13-11-32/h2-9,22-25H,10-16H2,1H3,(H,28,35)/p+1/t22-,23+,24+,25+/m0/s1. The number of carbonyl (C=O) groups is 2. The number of amides is 1. The van der Waals surface area contributed by atoms with Crippen LogP contribution < -0.4 is 10.2 Å². The van der Waals surface area contributed by atoms with Gasteiger partial charge in [-0.3, -0.25) is 10.1 Å². The molecule has 2 N–H and O–H groups in total. The second-order valence-corrected chi connectivity index (χ2v) is 10.0. The number of ether oxygens (including phenoxy) is 4. The summed E-state index contributed by atoms with van der Waals surface area (Å²) in [5.41, 5.74) is 3.26. The van der Waals surface area contributed by atoms with Crippen molar-refractivity contribution >= 4 is 17.6 Å². The van der Waals surface area contributed by atoms with Crippen molar-refractivity contribution in [3.05, 3.63) is 59.7 Å². The second kappa shape index (κ2) is 11.2. The Kier molecular flexibility index (Phi) is 7.33. The summed E-state index contributed by atoms with van der Waals surface area (Å²) in [4.78, 5) is 25.5. The predicted molar refractivity (Wildman–Crippen MR) is 137 cm³/mol. The molecule has 0 radical (unpaired) electrons. The Bertz CT molecular complexity index is 1310. The van der Waals surface area contributed by atoms with Crippen LogP contribution in [0, 0.1) is 0 Å². The predicted octanol–water partition coefficient (Wildman–Crippen LogP) is 0.914. The van der Waals surface area contributed by atoms with Crippen LogP contribution >= 0.6 is 0 Å². The van der Waals surface area contributed by atoms with Gasteiger partial charge in [-0.25, -0.2) is 9.48 Å². The number of aromatic nitrogens is 4. The van der Waals surface area contributed by atoms with Crippen molar-refractivity contribution in [2.75, 3.05) is 44.8 Å². The van der Waals surface area contributed by atoms with Crippen molar-refractivity contribution in [3.63, 3.8) is 0 Å². The SMILES string of the molecule is CC(=O)c1ccc(NC(=O)O[C@@H]2CO[C@H]3[C@@H]2OC[C@@H]3n2nnnc2-c2ccc(C[NH+]3CCOCC3)cc2)cc1. The molecule has 1 amide bonds. The smallest absolute Gasteiger partial charge is 0.412 e. The van der Waals surface area contributed by atoms with Crippen LogP contribution in [0.25, 0.3) is 11.4 Å². The fraction of sp³-hybridized carbons (Fsp3) is 0.444. The molecule has 1 aromatic heterocycles. The van der Waals surface area contributed by atoms with Crippen LogP contribution in [0.4, 0.5) is 10.5 Å². The zero-order chi connectivity index (χ0) is 26.8. The molecule has 3 aliphatic heterocycles. The number of quaternary nitrogens is 1. The normalized spacial score (nSPS) is 24.8. The Balaban J connectivity index is 1.08. The first-order chi connectivity index (χ1) is 19.0. The number of tetrazole rings is 1. The average Bonchev–Trinajstić information content (AvgIpc) is 3.68. The second-order valence-electron chi connectivity index (χ2n) is 10.0. The van der Waals surface area contributed by atoms with Crippen LogP contribution in [0.1, 0.15) is 28.9 Å². The third-order valence-corrected chi connectivity index (χ3v) is 7.45. The first-order valence-electron chi connectivity index (χ1n) is 13.2. The lowest BCUT2D eigenvalue weighted by Crippen LogP contribution is -3.12. The van der Waals surface area contributed by atoms with E-state index in [0.29, 0.717) is 23.7 Å². The number of nitrogens with zero attached hydrogens (tertiary/aromatic N) is 4. The van der Waals surface area contributed by atoms with Gasteiger partial charge < -0.3 is 23.8 Å². The van der Waals surface area contributed by atoms with Gasteiger partial charge in [0.25, 0.3) is 0 Å². The number of rotatable bonds is 7. The van der Waals surface area contributed by atoms with Crippen molar-refractivity contribution in [1.29, 1.82) is 0 Å². The van der Waals surface area contributed by atoms with E-state index in [-0.39, 0.29) is 24.5 Å². The molecule has 6 rings (SSSR count). The molecule has 4 atom stereocenters. The van der Waals surface area contributed by atoms with Gasteiger partial charge in [0.2, 0.25) is 0 Å². The number of nitrogens with one attached hydrogen (secondary N) is 2. The van der Waals surface area contributed by atoms with Crippen molar-refractivity contribution < 1.29 is 33.4 Å². The zero-order valence-electron chi connectivity index (χ0n) is 21.6. The molecule has 0 unspecified atom stereocenters. The van der Waals surface area contributed by atoms with E-state index in [9.17, 15) is 9.59 Å². The summed E-state index contributed by atoms with van der Waals surface area (Å²) in [7, 11) is 0. The molecule has 0 spiro atoms. The molecule has 3 fully saturated rings. The highest BCUT2D eigenvalue weighted by Crippen LogP contribution is 2.36. The molecule has 39 heavy (non-hydrogen) atoms. The van der Waals surface area contributed by atoms with Gasteiger partial charge in [-0.2, -0.15) is 0 Å². The lowest BCUT2D eigenvalue weighted by Gasteiger charge is -2.23. The molecule has 2 aromatic carbocycles. The summed E-state index contributed by atoms with van der Waals surface area (Å²) >= 11 is 0. The molecule has 204 valence electrons. The van der Waals surface area contributed by atoms with E-state index in [1.165, 1.54) is 17.4 Å². The first kappa shape index (κ1) is 25.6. The van der Waals surface area contributed by atoms with Crippen LogP contribution in [0.5, 0.6) is 0 Å². The molecular formula is C27H31N6O6+. The third kappa shape index (κ3) is 5.55. The maximum Gasteiger partial charge on any atom is 0.412 e. The molecule has 0 bridgehead atoms. The van der Waals surface area contributed by atoms with Crippen molar-refractivity contribution in [1.82, 2.24) is 20.2 Å². The highest BCUT2D eigenvalue weighted by atomic mass is 16.6. The van der Waals surface area contributed by atoms with E-state index < -0.39 is 18.3 Å². The number of hydrogen-bond donors (Lipinski definition) is 2. The summed E-state index contributed by atoms with van der Waals surface area (Å²) in [5.74, 6) is 0.591. The van der Waals surface area contributed by atoms with E-state index in [1.54, 1.807) is 28.9 Å². The van der Waals surface area contributed by atoms with Crippen molar-refractivity contribution in [2.45, 2.75) is 37.8 Å². The Hall–Kier alpha value is -3.71. The molecule has 0 aliphatic carbocycles. The van der Waals surface area contributed by atoms with Crippen LogP contribution in [0.15, 0.2) is 48.5 Å². The number of morpholine rings is 1. The summed E-state index contributed by atoms with van der Waals surface area (Å²) in [6, 6.07) is 14.7. The van der Waals surface area contributed by atoms with E-state index in [4.69, 9.17) is 18.9 Å². The topological polar surface area (TPSA) is 131 Å². The summed E-state index contributed by atoms with van der Waals surface area (Å²) in [5, 5.41) is 15.1. The molecular weight excluding hydrogens is 504 g/mol. The van der Waals surface area contributed by atoms with Crippen LogP contribution in [0.3, 0.4) is 0 Å². The highest BCUT2D eigenvalue weighted by molar-refractivity contribution is 5.95. The van der Waals surface area contributed by atoms with Crippen LogP contribution in [0.2, 0.25) is 0 Å². The van der Waals surface area contributed by atoms with Gasteiger partial charge in [0, 0.05) is 22.4 Å². The number of carbonyl (C=O) groups excluding carboxylic acids is 2. The lowest BCUT2D eigenvalue weighted by molar-refractivity contribution is -0.921. The molecule has 0 saturated carbocycles. The lowest BCUT2D eigenvalue weighted by atomic mass is 10.1. The van der Waals surface area contributed by atoms with E-state index in [0.717, 1.165) is 38.4 Å². The Morgan fingerprint density at radius 2 is 1.77 bits per heavy atom. The number of ketones is 1. The highest BCUT2D eigenvalue weighted by Gasteiger charge is 2.51. The van der Waals surface area contributed by atoms with Gasteiger partial charge in [-0.15, -0.1) is 5.10 Å². The number of benzene rings is 2. The van der Waals surface area contributed by atoms with Gasteiger partial charge in [0.1, 0.15) is 37.9 Å². The molecule has 3 aromatic rings. The van der Waals surface area contributed by atoms with Crippen LogP contribution in [-0.2, 0) is 25.5 Å². The number of hydrogen-bond acceptors (Lipinski definition) is 9. The fourth-order valence-corrected chi connectivity index (χ4v) is 5.33. The van der Waals surface area contributed by atoms with Crippen LogP contribution in [-0.4, -0.2) is 89.9 Å². The molecule has 12 nitrogen and oxygen atoms in total. The molecule has 12 heteroatoms. The van der Waals surface area contributed by atoms with Gasteiger partial charge in [-0.05, 0) is 41.6 Å².